The van der Waals surface area contributed by atoms with E-state index in [-0.39, 0.29) is 23.5 Å². The molecule has 1 aliphatic heterocycles. The van der Waals surface area contributed by atoms with Crippen molar-refractivity contribution in [2.45, 2.75) is 50.7 Å². The van der Waals surface area contributed by atoms with Crippen LogP contribution in [0.5, 0.6) is 0 Å². The first-order valence-electron chi connectivity index (χ1n) is 7.31. The van der Waals surface area contributed by atoms with E-state index < -0.39 is 0 Å². The molecule has 3 N–H and O–H groups in total. The van der Waals surface area contributed by atoms with Crippen LogP contribution in [-0.4, -0.2) is 44.9 Å². The number of ether oxygens (including phenoxy) is 2. The van der Waals surface area contributed by atoms with Crippen molar-refractivity contribution in [3.8, 4) is 0 Å². The third kappa shape index (κ3) is 3.68. The molecule has 2 aliphatic rings. The van der Waals surface area contributed by atoms with Gasteiger partial charge in [-0.1, -0.05) is 6.42 Å². The van der Waals surface area contributed by atoms with Crippen molar-refractivity contribution in [1.82, 2.24) is 5.32 Å². The average molecular weight is 270 g/mol. The quantitative estimate of drug-likeness (QED) is 0.718. The highest BCUT2D eigenvalue weighted by Crippen LogP contribution is 2.43. The molecular weight excluding hydrogens is 244 g/mol. The maximum Gasteiger partial charge on any atom is 0.249 e. The van der Waals surface area contributed by atoms with Crippen LogP contribution in [0.15, 0.2) is 0 Å². The SMILES string of the molecule is COCCC1(CNC(=O)[C@@H]2CC[C@H](CN)O2)CCC1. The van der Waals surface area contributed by atoms with Gasteiger partial charge in [-0.05, 0) is 37.5 Å². The van der Waals surface area contributed by atoms with Crippen molar-refractivity contribution in [2.75, 3.05) is 26.8 Å². The second kappa shape index (κ2) is 6.68. The van der Waals surface area contributed by atoms with E-state index in [2.05, 4.69) is 5.32 Å². The molecule has 1 amide bonds. The molecule has 1 saturated heterocycles. The van der Waals surface area contributed by atoms with Crippen LogP contribution in [0.2, 0.25) is 0 Å². The predicted octanol–water partition coefficient (Wildman–Crippen LogP) is 0.816. The summed E-state index contributed by atoms with van der Waals surface area (Å²) >= 11 is 0. The summed E-state index contributed by atoms with van der Waals surface area (Å²) in [5, 5.41) is 3.06. The number of rotatable bonds is 7. The van der Waals surface area contributed by atoms with Crippen LogP contribution in [0.1, 0.15) is 38.5 Å². The standard InChI is InChI=1S/C14H26N2O3/c1-18-8-7-14(5-2-6-14)10-16-13(17)12-4-3-11(9-15)19-12/h11-12H,2-10,15H2,1H3,(H,16,17)/t11-,12+/m1/s1. The highest BCUT2D eigenvalue weighted by molar-refractivity contribution is 5.81. The summed E-state index contributed by atoms with van der Waals surface area (Å²) in [5.41, 5.74) is 5.82. The van der Waals surface area contributed by atoms with E-state index in [9.17, 15) is 4.79 Å². The summed E-state index contributed by atoms with van der Waals surface area (Å²) in [6.07, 6.45) is 6.11. The van der Waals surface area contributed by atoms with Crippen LogP contribution in [-0.2, 0) is 14.3 Å². The van der Waals surface area contributed by atoms with E-state index in [1.807, 2.05) is 0 Å². The molecule has 2 rings (SSSR count). The van der Waals surface area contributed by atoms with Crippen molar-refractivity contribution >= 4 is 5.91 Å². The number of nitrogens with one attached hydrogen (secondary N) is 1. The van der Waals surface area contributed by atoms with Gasteiger partial charge in [-0.25, -0.2) is 0 Å². The van der Waals surface area contributed by atoms with Crippen molar-refractivity contribution in [2.24, 2.45) is 11.1 Å². The summed E-state index contributed by atoms with van der Waals surface area (Å²) in [6, 6.07) is 0. The Bertz CT molecular complexity index is 305. The second-order valence-electron chi connectivity index (χ2n) is 5.87. The van der Waals surface area contributed by atoms with Gasteiger partial charge in [0.15, 0.2) is 0 Å². The zero-order valence-electron chi connectivity index (χ0n) is 11.8. The van der Waals surface area contributed by atoms with E-state index in [0.717, 1.165) is 32.4 Å². The van der Waals surface area contributed by atoms with Gasteiger partial charge in [0.25, 0.3) is 0 Å². The van der Waals surface area contributed by atoms with Gasteiger partial charge in [0.05, 0.1) is 6.10 Å². The number of methoxy groups -OCH3 is 1. The molecule has 2 fully saturated rings. The van der Waals surface area contributed by atoms with Gasteiger partial charge in [0.1, 0.15) is 6.10 Å². The molecule has 0 bridgehead atoms. The Kier molecular flexibility index (Phi) is 5.19. The smallest absolute Gasteiger partial charge is 0.249 e. The van der Waals surface area contributed by atoms with Gasteiger partial charge >= 0.3 is 0 Å². The van der Waals surface area contributed by atoms with Gasteiger partial charge in [0.2, 0.25) is 5.91 Å². The molecule has 1 saturated carbocycles. The Morgan fingerprint density at radius 1 is 1.47 bits per heavy atom. The van der Waals surface area contributed by atoms with Gasteiger partial charge in [-0.2, -0.15) is 0 Å². The number of hydrogen-bond donors (Lipinski definition) is 2. The number of hydrogen-bond acceptors (Lipinski definition) is 4. The molecule has 1 aliphatic carbocycles. The Labute approximate surface area is 115 Å². The monoisotopic (exact) mass is 270 g/mol. The van der Waals surface area contributed by atoms with Crippen molar-refractivity contribution < 1.29 is 14.3 Å². The molecule has 1 heterocycles. The third-order valence-electron chi connectivity index (χ3n) is 4.55. The van der Waals surface area contributed by atoms with E-state index >= 15 is 0 Å². The number of carbonyl (C=O) groups excluding carboxylic acids is 1. The number of carbonyl (C=O) groups is 1. The predicted molar refractivity (Wildman–Crippen MR) is 72.7 cm³/mol. The first kappa shape index (κ1) is 14.8. The molecule has 0 aromatic carbocycles. The van der Waals surface area contributed by atoms with Crippen LogP contribution >= 0.6 is 0 Å². The molecule has 2 atom stereocenters. The van der Waals surface area contributed by atoms with Gasteiger partial charge < -0.3 is 20.5 Å². The molecule has 0 spiro atoms. The van der Waals surface area contributed by atoms with Crippen molar-refractivity contribution in [3.05, 3.63) is 0 Å². The highest BCUT2D eigenvalue weighted by atomic mass is 16.5. The van der Waals surface area contributed by atoms with Crippen molar-refractivity contribution in [3.63, 3.8) is 0 Å². The summed E-state index contributed by atoms with van der Waals surface area (Å²) in [4.78, 5) is 12.1. The first-order chi connectivity index (χ1) is 9.19. The lowest BCUT2D eigenvalue weighted by atomic mass is 9.66. The molecule has 5 nitrogen and oxygen atoms in total. The highest BCUT2D eigenvalue weighted by Gasteiger charge is 2.38. The topological polar surface area (TPSA) is 73.6 Å². The van der Waals surface area contributed by atoms with E-state index in [1.165, 1.54) is 19.3 Å². The number of nitrogens with two attached hydrogens (primary N) is 1. The van der Waals surface area contributed by atoms with Crippen LogP contribution in [0.3, 0.4) is 0 Å². The zero-order chi connectivity index (χ0) is 13.7. The molecule has 19 heavy (non-hydrogen) atoms. The second-order valence-corrected chi connectivity index (χ2v) is 5.87. The molecule has 0 radical (unpaired) electrons. The fourth-order valence-electron chi connectivity index (χ4n) is 2.97. The Morgan fingerprint density at radius 2 is 2.26 bits per heavy atom. The zero-order valence-corrected chi connectivity index (χ0v) is 11.8. The van der Waals surface area contributed by atoms with E-state index in [4.69, 9.17) is 15.2 Å². The minimum Gasteiger partial charge on any atom is -0.385 e. The molecule has 5 heteroatoms. The minimum absolute atomic E-state index is 0.0274. The fraction of sp³-hybridized carbons (Fsp3) is 0.929. The Hall–Kier alpha value is -0.650. The summed E-state index contributed by atoms with van der Waals surface area (Å²) in [5.74, 6) is 0.0274. The molecule has 110 valence electrons. The minimum atomic E-state index is -0.298. The fourth-order valence-corrected chi connectivity index (χ4v) is 2.97. The first-order valence-corrected chi connectivity index (χ1v) is 7.31. The van der Waals surface area contributed by atoms with Crippen LogP contribution in [0.4, 0.5) is 0 Å². The molecule has 0 aromatic rings. The Balaban J connectivity index is 1.73. The van der Waals surface area contributed by atoms with Crippen LogP contribution in [0, 0.1) is 5.41 Å². The average Bonchev–Trinajstić information content (AvgIpc) is 2.85. The third-order valence-corrected chi connectivity index (χ3v) is 4.55. The number of amides is 1. The van der Waals surface area contributed by atoms with E-state index in [1.54, 1.807) is 7.11 Å². The molecule has 0 unspecified atom stereocenters. The molecular formula is C14H26N2O3. The normalized spacial score (nSPS) is 28.9. The van der Waals surface area contributed by atoms with Gasteiger partial charge in [-0.3, -0.25) is 4.79 Å². The van der Waals surface area contributed by atoms with Crippen LogP contribution < -0.4 is 11.1 Å². The lowest BCUT2D eigenvalue weighted by molar-refractivity contribution is -0.132. The van der Waals surface area contributed by atoms with Crippen LogP contribution in [0.25, 0.3) is 0 Å². The summed E-state index contributed by atoms with van der Waals surface area (Å²) < 4.78 is 10.8. The maximum absolute atomic E-state index is 12.1. The van der Waals surface area contributed by atoms with Gasteiger partial charge in [0, 0.05) is 26.8 Å². The summed E-state index contributed by atoms with van der Waals surface area (Å²) in [6.45, 7) is 2.02. The Morgan fingerprint density at radius 3 is 2.79 bits per heavy atom. The van der Waals surface area contributed by atoms with Crippen molar-refractivity contribution in [1.29, 1.82) is 0 Å². The largest absolute Gasteiger partial charge is 0.385 e. The lowest BCUT2D eigenvalue weighted by Crippen LogP contribution is -2.45. The van der Waals surface area contributed by atoms with E-state index in [0.29, 0.717) is 6.54 Å². The lowest BCUT2D eigenvalue weighted by Gasteiger charge is -2.42. The van der Waals surface area contributed by atoms with Gasteiger partial charge in [-0.15, -0.1) is 0 Å². The maximum atomic E-state index is 12.1. The molecule has 0 aromatic heterocycles. The summed E-state index contributed by atoms with van der Waals surface area (Å²) in [7, 11) is 1.73.